The normalized spacial score (nSPS) is 11.8. The van der Waals surface area contributed by atoms with E-state index in [2.05, 4.69) is 31.3 Å². The Balaban J connectivity index is 1.76. The molecule has 0 saturated carbocycles. The first-order valence-electron chi connectivity index (χ1n) is 8.92. The predicted octanol–water partition coefficient (Wildman–Crippen LogP) is 4.72. The second kappa shape index (κ2) is 10.6. The number of benzene rings is 2. The number of methoxy groups -OCH3 is 1. The lowest BCUT2D eigenvalue weighted by Crippen LogP contribution is -2.12. The average Bonchev–Trinajstić information content (AvgIpc) is 2.66. The molecule has 2 rings (SSSR count). The van der Waals surface area contributed by atoms with Crippen LogP contribution >= 0.6 is 0 Å². The molecule has 4 heteroatoms. The van der Waals surface area contributed by atoms with Crippen LogP contribution in [0.15, 0.2) is 48.5 Å². The third-order valence-electron chi connectivity index (χ3n) is 4.16. The standard InChI is InChI=1S/C21H29NO3/c1-4-17(2)20-7-5-6-8-21(20)25-14-13-22-18-9-11-19(12-10-18)24-16-15-23-3/h5-12,17,22H,4,13-16H2,1-3H3. The van der Waals surface area contributed by atoms with Gasteiger partial charge in [0.2, 0.25) is 0 Å². The number of nitrogens with one attached hydrogen (secondary N) is 1. The van der Waals surface area contributed by atoms with Crippen LogP contribution in [-0.2, 0) is 4.74 Å². The average molecular weight is 343 g/mol. The first-order chi connectivity index (χ1) is 12.2. The third-order valence-corrected chi connectivity index (χ3v) is 4.16. The Morgan fingerprint density at radius 1 is 0.920 bits per heavy atom. The number of rotatable bonds is 11. The Kier molecular flexibility index (Phi) is 8.13. The Labute approximate surface area is 151 Å². The third kappa shape index (κ3) is 6.31. The fraction of sp³-hybridized carbons (Fsp3) is 0.429. The number of ether oxygens (including phenoxy) is 3. The highest BCUT2D eigenvalue weighted by Crippen LogP contribution is 2.28. The van der Waals surface area contributed by atoms with Crippen LogP contribution in [0.1, 0.15) is 31.7 Å². The summed E-state index contributed by atoms with van der Waals surface area (Å²) in [5.41, 5.74) is 2.33. The van der Waals surface area contributed by atoms with Crippen molar-refractivity contribution in [2.24, 2.45) is 0 Å². The van der Waals surface area contributed by atoms with Gasteiger partial charge in [-0.2, -0.15) is 0 Å². The lowest BCUT2D eigenvalue weighted by Gasteiger charge is -2.16. The minimum absolute atomic E-state index is 0.509. The molecule has 25 heavy (non-hydrogen) atoms. The number of hydrogen-bond acceptors (Lipinski definition) is 4. The summed E-state index contributed by atoms with van der Waals surface area (Å²) in [6, 6.07) is 16.2. The smallest absolute Gasteiger partial charge is 0.122 e. The van der Waals surface area contributed by atoms with Crippen LogP contribution in [0.5, 0.6) is 11.5 Å². The summed E-state index contributed by atoms with van der Waals surface area (Å²) >= 11 is 0. The monoisotopic (exact) mass is 343 g/mol. The molecule has 0 aliphatic heterocycles. The van der Waals surface area contributed by atoms with Crippen molar-refractivity contribution in [1.82, 2.24) is 0 Å². The van der Waals surface area contributed by atoms with Gasteiger partial charge in [0.15, 0.2) is 0 Å². The molecule has 0 aliphatic rings. The molecule has 0 heterocycles. The quantitative estimate of drug-likeness (QED) is 0.600. The van der Waals surface area contributed by atoms with Crippen LogP contribution in [0.2, 0.25) is 0 Å². The lowest BCUT2D eigenvalue weighted by atomic mass is 9.98. The van der Waals surface area contributed by atoms with Crippen molar-refractivity contribution in [2.45, 2.75) is 26.2 Å². The zero-order chi connectivity index (χ0) is 17.9. The van der Waals surface area contributed by atoms with E-state index in [1.165, 1.54) is 5.56 Å². The van der Waals surface area contributed by atoms with Gasteiger partial charge in [-0.15, -0.1) is 0 Å². The molecular weight excluding hydrogens is 314 g/mol. The van der Waals surface area contributed by atoms with Crippen LogP contribution in [0.4, 0.5) is 5.69 Å². The van der Waals surface area contributed by atoms with Crippen molar-refractivity contribution in [2.75, 3.05) is 38.8 Å². The summed E-state index contributed by atoms with van der Waals surface area (Å²) in [4.78, 5) is 0. The maximum Gasteiger partial charge on any atom is 0.122 e. The lowest BCUT2D eigenvalue weighted by molar-refractivity contribution is 0.146. The van der Waals surface area contributed by atoms with Crippen LogP contribution in [0, 0.1) is 0 Å². The van der Waals surface area contributed by atoms with Gasteiger partial charge in [0.05, 0.1) is 6.61 Å². The Morgan fingerprint density at radius 3 is 2.40 bits per heavy atom. The summed E-state index contributed by atoms with van der Waals surface area (Å²) in [5, 5.41) is 3.37. The summed E-state index contributed by atoms with van der Waals surface area (Å²) < 4.78 is 16.5. The van der Waals surface area contributed by atoms with E-state index in [4.69, 9.17) is 14.2 Å². The van der Waals surface area contributed by atoms with Gasteiger partial charge in [-0.25, -0.2) is 0 Å². The topological polar surface area (TPSA) is 39.7 Å². The van der Waals surface area contributed by atoms with Gasteiger partial charge < -0.3 is 19.5 Å². The fourth-order valence-electron chi connectivity index (χ4n) is 2.51. The predicted molar refractivity (Wildman–Crippen MR) is 103 cm³/mol. The van der Waals surface area contributed by atoms with E-state index in [1.807, 2.05) is 36.4 Å². The summed E-state index contributed by atoms with van der Waals surface area (Å²) in [6.07, 6.45) is 1.11. The maximum atomic E-state index is 5.97. The minimum Gasteiger partial charge on any atom is -0.491 e. The van der Waals surface area contributed by atoms with Crippen molar-refractivity contribution in [1.29, 1.82) is 0 Å². The molecule has 0 fully saturated rings. The van der Waals surface area contributed by atoms with E-state index in [9.17, 15) is 0 Å². The maximum absolute atomic E-state index is 5.97. The first kappa shape index (κ1) is 19.1. The van der Waals surface area contributed by atoms with Gasteiger partial charge in [-0.1, -0.05) is 32.0 Å². The van der Waals surface area contributed by atoms with Gasteiger partial charge in [-0.3, -0.25) is 0 Å². The highest BCUT2D eigenvalue weighted by Gasteiger charge is 2.09. The van der Waals surface area contributed by atoms with Crippen molar-refractivity contribution in [3.05, 3.63) is 54.1 Å². The van der Waals surface area contributed by atoms with E-state index < -0.39 is 0 Å². The molecule has 0 aromatic heterocycles. The van der Waals surface area contributed by atoms with E-state index in [0.29, 0.717) is 25.7 Å². The number of anilines is 1. The van der Waals surface area contributed by atoms with Crippen LogP contribution < -0.4 is 14.8 Å². The molecule has 0 radical (unpaired) electrons. The molecule has 2 aromatic carbocycles. The molecule has 0 spiro atoms. The van der Waals surface area contributed by atoms with E-state index in [-0.39, 0.29) is 0 Å². The highest BCUT2D eigenvalue weighted by molar-refractivity contribution is 5.46. The Morgan fingerprint density at radius 2 is 1.68 bits per heavy atom. The zero-order valence-corrected chi connectivity index (χ0v) is 15.5. The van der Waals surface area contributed by atoms with Crippen LogP contribution in [-0.4, -0.2) is 33.5 Å². The SMILES string of the molecule is CCC(C)c1ccccc1OCCNc1ccc(OCCOC)cc1. The van der Waals surface area contributed by atoms with Crippen molar-refractivity contribution < 1.29 is 14.2 Å². The first-order valence-corrected chi connectivity index (χ1v) is 8.92. The second-order valence-corrected chi connectivity index (χ2v) is 5.99. The second-order valence-electron chi connectivity index (χ2n) is 5.99. The number of hydrogen-bond donors (Lipinski definition) is 1. The highest BCUT2D eigenvalue weighted by atomic mass is 16.5. The molecule has 1 atom stereocenters. The molecule has 4 nitrogen and oxygen atoms in total. The van der Waals surface area contributed by atoms with Gasteiger partial charge >= 0.3 is 0 Å². The number of para-hydroxylation sites is 1. The molecule has 1 N–H and O–H groups in total. The van der Waals surface area contributed by atoms with E-state index >= 15 is 0 Å². The molecule has 0 amide bonds. The van der Waals surface area contributed by atoms with Crippen LogP contribution in [0.3, 0.4) is 0 Å². The van der Waals surface area contributed by atoms with Gasteiger partial charge in [0.1, 0.15) is 24.7 Å². The van der Waals surface area contributed by atoms with Crippen LogP contribution in [0.25, 0.3) is 0 Å². The summed E-state index contributed by atoms with van der Waals surface area (Å²) in [6.45, 7) is 6.96. The van der Waals surface area contributed by atoms with Crippen molar-refractivity contribution in [3.63, 3.8) is 0 Å². The largest absolute Gasteiger partial charge is 0.491 e. The van der Waals surface area contributed by atoms with E-state index in [0.717, 1.165) is 30.2 Å². The molecule has 0 bridgehead atoms. The molecule has 0 aliphatic carbocycles. The molecule has 0 saturated heterocycles. The Hall–Kier alpha value is -2.20. The van der Waals surface area contributed by atoms with E-state index in [1.54, 1.807) is 7.11 Å². The Bertz CT molecular complexity index is 613. The summed E-state index contributed by atoms with van der Waals surface area (Å²) in [7, 11) is 1.67. The van der Waals surface area contributed by atoms with Gasteiger partial charge in [0, 0.05) is 19.3 Å². The fourth-order valence-corrected chi connectivity index (χ4v) is 2.51. The minimum atomic E-state index is 0.509. The molecule has 136 valence electrons. The summed E-state index contributed by atoms with van der Waals surface area (Å²) in [5.74, 6) is 2.34. The molecule has 2 aromatic rings. The van der Waals surface area contributed by atoms with Crippen molar-refractivity contribution in [3.8, 4) is 11.5 Å². The van der Waals surface area contributed by atoms with Crippen molar-refractivity contribution >= 4 is 5.69 Å². The zero-order valence-electron chi connectivity index (χ0n) is 15.5. The van der Waals surface area contributed by atoms with Gasteiger partial charge in [0.25, 0.3) is 0 Å². The molecular formula is C21H29NO3. The van der Waals surface area contributed by atoms with Gasteiger partial charge in [-0.05, 0) is 48.2 Å². The molecule has 1 unspecified atom stereocenters.